The molecule has 2 aromatic rings. The molecule has 4 rings (SSSR count). The van der Waals surface area contributed by atoms with Crippen molar-refractivity contribution in [3.8, 4) is 0 Å². The standard InChI is InChI=1S/C24H27ClN2O5S/c1-17(23(28)27-15-7-9-18-8-3-4-10-22(18)27)32-24(29)20-16-19(11-12-21(20)25)33(30,31)26-13-5-2-6-14-26/h3-4,8,10-12,16-17H,2,5-7,9,13-15H2,1H3/t17-/m0/s1. The molecular weight excluding hydrogens is 464 g/mol. The molecular formula is C24H27ClN2O5S. The molecule has 1 fully saturated rings. The van der Waals surface area contributed by atoms with Gasteiger partial charge in [-0.2, -0.15) is 4.31 Å². The van der Waals surface area contributed by atoms with Gasteiger partial charge in [0.2, 0.25) is 10.0 Å². The Labute approximate surface area is 199 Å². The first-order valence-electron chi connectivity index (χ1n) is 11.2. The molecule has 0 spiro atoms. The quantitative estimate of drug-likeness (QED) is 0.590. The lowest BCUT2D eigenvalue weighted by atomic mass is 10.0. The van der Waals surface area contributed by atoms with E-state index in [9.17, 15) is 18.0 Å². The van der Waals surface area contributed by atoms with Crippen molar-refractivity contribution in [2.75, 3.05) is 24.5 Å². The van der Waals surface area contributed by atoms with Crippen molar-refractivity contribution < 1.29 is 22.7 Å². The molecule has 1 saturated heterocycles. The van der Waals surface area contributed by atoms with Crippen LogP contribution in [0.25, 0.3) is 0 Å². The van der Waals surface area contributed by atoms with Crippen LogP contribution >= 0.6 is 11.6 Å². The Morgan fingerprint density at radius 3 is 2.48 bits per heavy atom. The number of ether oxygens (including phenoxy) is 1. The molecule has 33 heavy (non-hydrogen) atoms. The molecule has 1 atom stereocenters. The molecule has 0 N–H and O–H groups in total. The van der Waals surface area contributed by atoms with E-state index in [1.54, 1.807) is 4.90 Å². The fourth-order valence-corrected chi connectivity index (χ4v) is 6.07. The number of nitrogens with zero attached hydrogens (tertiary/aromatic N) is 2. The normalized spacial score (nSPS) is 17.8. The van der Waals surface area contributed by atoms with Crippen LogP contribution < -0.4 is 4.90 Å². The van der Waals surface area contributed by atoms with E-state index in [0.717, 1.165) is 43.4 Å². The van der Waals surface area contributed by atoms with Crippen molar-refractivity contribution in [3.05, 3.63) is 58.6 Å². The van der Waals surface area contributed by atoms with Crippen LogP contribution in [0.4, 0.5) is 5.69 Å². The summed E-state index contributed by atoms with van der Waals surface area (Å²) in [4.78, 5) is 27.6. The average Bonchev–Trinajstić information content (AvgIpc) is 2.83. The minimum atomic E-state index is -3.74. The van der Waals surface area contributed by atoms with Gasteiger partial charge in [0, 0.05) is 25.3 Å². The van der Waals surface area contributed by atoms with Gasteiger partial charge in [-0.25, -0.2) is 13.2 Å². The van der Waals surface area contributed by atoms with Gasteiger partial charge in [0.1, 0.15) is 0 Å². The number of benzene rings is 2. The highest BCUT2D eigenvalue weighted by Gasteiger charge is 2.31. The summed E-state index contributed by atoms with van der Waals surface area (Å²) in [6.07, 6.45) is 3.27. The van der Waals surface area contributed by atoms with E-state index in [2.05, 4.69) is 0 Å². The summed E-state index contributed by atoms with van der Waals surface area (Å²) in [6, 6.07) is 11.7. The summed E-state index contributed by atoms with van der Waals surface area (Å²) in [6.45, 7) is 2.96. The molecule has 2 aromatic carbocycles. The van der Waals surface area contributed by atoms with Gasteiger partial charge in [0.15, 0.2) is 6.10 Å². The highest BCUT2D eigenvalue weighted by molar-refractivity contribution is 7.89. The van der Waals surface area contributed by atoms with Gasteiger partial charge in [-0.3, -0.25) is 4.79 Å². The van der Waals surface area contributed by atoms with Crippen LogP contribution in [0.3, 0.4) is 0 Å². The highest BCUT2D eigenvalue weighted by Crippen LogP contribution is 2.29. The number of carbonyl (C=O) groups is 2. The maximum absolute atomic E-state index is 13.1. The summed E-state index contributed by atoms with van der Waals surface area (Å²) in [5, 5.41) is 0.0700. The predicted molar refractivity (Wildman–Crippen MR) is 126 cm³/mol. The maximum Gasteiger partial charge on any atom is 0.340 e. The minimum Gasteiger partial charge on any atom is -0.449 e. The molecule has 2 aliphatic rings. The van der Waals surface area contributed by atoms with E-state index in [0.29, 0.717) is 19.6 Å². The number of anilines is 1. The molecule has 0 radical (unpaired) electrons. The first kappa shape index (κ1) is 23.7. The summed E-state index contributed by atoms with van der Waals surface area (Å²) >= 11 is 6.20. The Morgan fingerprint density at radius 2 is 1.73 bits per heavy atom. The van der Waals surface area contributed by atoms with Gasteiger partial charge in [-0.1, -0.05) is 36.2 Å². The number of sulfonamides is 1. The molecule has 1 amide bonds. The fraction of sp³-hybridized carbons (Fsp3) is 0.417. The molecule has 176 valence electrons. The van der Waals surface area contributed by atoms with Crippen LogP contribution in [0.1, 0.15) is 48.5 Å². The number of hydrogen-bond donors (Lipinski definition) is 0. The highest BCUT2D eigenvalue weighted by atomic mass is 35.5. The van der Waals surface area contributed by atoms with Crippen molar-refractivity contribution in [1.82, 2.24) is 4.31 Å². The minimum absolute atomic E-state index is 0.00955. The Balaban J connectivity index is 1.52. The maximum atomic E-state index is 13.1. The van der Waals surface area contributed by atoms with Crippen molar-refractivity contribution in [3.63, 3.8) is 0 Å². The number of fused-ring (bicyclic) bond motifs is 1. The SMILES string of the molecule is C[C@H](OC(=O)c1cc(S(=O)(=O)N2CCCCC2)ccc1Cl)C(=O)N1CCCc2ccccc21. The smallest absolute Gasteiger partial charge is 0.340 e. The van der Waals surface area contributed by atoms with Crippen LogP contribution in [0, 0.1) is 0 Å². The van der Waals surface area contributed by atoms with Gasteiger partial charge < -0.3 is 9.64 Å². The summed E-state index contributed by atoms with van der Waals surface area (Å²) in [5.41, 5.74) is 1.83. The topological polar surface area (TPSA) is 84.0 Å². The van der Waals surface area contributed by atoms with Crippen molar-refractivity contribution in [2.24, 2.45) is 0 Å². The molecule has 0 aromatic heterocycles. The second-order valence-electron chi connectivity index (χ2n) is 8.38. The Morgan fingerprint density at radius 1 is 1.00 bits per heavy atom. The van der Waals surface area contributed by atoms with Crippen molar-refractivity contribution in [2.45, 2.75) is 50.0 Å². The van der Waals surface area contributed by atoms with Crippen LogP contribution in [0.15, 0.2) is 47.4 Å². The third-order valence-corrected chi connectivity index (χ3v) is 8.34. The van der Waals surface area contributed by atoms with E-state index in [4.69, 9.17) is 16.3 Å². The lowest BCUT2D eigenvalue weighted by Crippen LogP contribution is -2.42. The predicted octanol–water partition coefficient (Wildman–Crippen LogP) is 4.04. The second-order valence-corrected chi connectivity index (χ2v) is 10.7. The zero-order valence-electron chi connectivity index (χ0n) is 18.5. The Hall–Kier alpha value is -2.42. The molecule has 0 saturated carbocycles. The van der Waals surface area contributed by atoms with Gasteiger partial charge in [-0.05, 0) is 62.4 Å². The lowest BCUT2D eigenvalue weighted by Gasteiger charge is -2.31. The number of amides is 1. The summed E-state index contributed by atoms with van der Waals surface area (Å²) in [5.74, 6) is -1.16. The number of piperidine rings is 1. The molecule has 9 heteroatoms. The first-order valence-corrected chi connectivity index (χ1v) is 13.0. The molecule has 0 unspecified atom stereocenters. The number of carbonyl (C=O) groups excluding carboxylic acids is 2. The zero-order valence-corrected chi connectivity index (χ0v) is 20.1. The van der Waals surface area contributed by atoms with E-state index in [1.807, 2.05) is 24.3 Å². The Bertz CT molecular complexity index is 1160. The van der Waals surface area contributed by atoms with Gasteiger partial charge in [0.05, 0.1) is 15.5 Å². The number of para-hydroxylation sites is 1. The van der Waals surface area contributed by atoms with Crippen molar-refractivity contribution in [1.29, 1.82) is 0 Å². The van der Waals surface area contributed by atoms with Crippen LogP contribution in [-0.2, 0) is 26.0 Å². The van der Waals surface area contributed by atoms with Crippen LogP contribution in [0.2, 0.25) is 5.02 Å². The van der Waals surface area contributed by atoms with E-state index >= 15 is 0 Å². The van der Waals surface area contributed by atoms with Crippen molar-refractivity contribution >= 4 is 39.2 Å². The summed E-state index contributed by atoms with van der Waals surface area (Å²) < 4.78 is 32.9. The van der Waals surface area contributed by atoms with Crippen LogP contribution in [0.5, 0.6) is 0 Å². The Kier molecular flexibility index (Phi) is 7.07. The van der Waals surface area contributed by atoms with Gasteiger partial charge in [0.25, 0.3) is 5.91 Å². The van der Waals surface area contributed by atoms with Gasteiger partial charge >= 0.3 is 5.97 Å². The van der Waals surface area contributed by atoms with E-state index in [-0.39, 0.29) is 21.4 Å². The monoisotopic (exact) mass is 490 g/mol. The first-order chi connectivity index (χ1) is 15.8. The molecule has 2 heterocycles. The van der Waals surface area contributed by atoms with E-state index < -0.39 is 22.1 Å². The largest absolute Gasteiger partial charge is 0.449 e. The molecule has 0 aliphatic carbocycles. The summed E-state index contributed by atoms with van der Waals surface area (Å²) in [7, 11) is -3.74. The molecule has 0 bridgehead atoms. The number of aryl methyl sites for hydroxylation is 1. The van der Waals surface area contributed by atoms with Gasteiger partial charge in [-0.15, -0.1) is 0 Å². The lowest BCUT2D eigenvalue weighted by molar-refractivity contribution is -0.126. The molecule has 7 nitrogen and oxygen atoms in total. The third-order valence-electron chi connectivity index (χ3n) is 6.12. The van der Waals surface area contributed by atoms with E-state index in [1.165, 1.54) is 29.4 Å². The third kappa shape index (κ3) is 4.93. The number of halogens is 1. The molecule has 2 aliphatic heterocycles. The average molecular weight is 491 g/mol. The number of hydrogen-bond acceptors (Lipinski definition) is 5. The zero-order chi connectivity index (χ0) is 23.6. The van der Waals surface area contributed by atoms with Crippen LogP contribution in [-0.4, -0.2) is 50.3 Å². The number of rotatable bonds is 5. The number of esters is 1. The fourth-order valence-electron chi connectivity index (χ4n) is 4.33. The second kappa shape index (κ2) is 9.83.